The summed E-state index contributed by atoms with van der Waals surface area (Å²) in [4.78, 5) is 16.4. The van der Waals surface area contributed by atoms with Crippen molar-refractivity contribution in [1.82, 2.24) is 4.98 Å². The molecule has 24 heavy (non-hydrogen) atoms. The Morgan fingerprint density at radius 3 is 2.83 bits per heavy atom. The number of thiazole rings is 1. The molecule has 0 aliphatic rings. The van der Waals surface area contributed by atoms with E-state index in [1.165, 1.54) is 17.4 Å². The third kappa shape index (κ3) is 3.51. The van der Waals surface area contributed by atoms with Gasteiger partial charge in [-0.05, 0) is 36.2 Å². The highest BCUT2D eigenvalue weighted by Gasteiger charge is 2.11. The molecule has 1 amide bonds. The van der Waals surface area contributed by atoms with Gasteiger partial charge in [0.05, 0.1) is 11.8 Å². The van der Waals surface area contributed by atoms with E-state index in [9.17, 15) is 13.6 Å². The van der Waals surface area contributed by atoms with Crippen LogP contribution in [0.4, 0.5) is 13.9 Å². The second-order valence-corrected chi connectivity index (χ2v) is 6.15. The molecule has 124 valence electrons. The molecule has 3 rings (SSSR count). The van der Waals surface area contributed by atoms with Crippen molar-refractivity contribution in [3.05, 3.63) is 53.6 Å². The molecule has 0 saturated heterocycles. The van der Waals surface area contributed by atoms with Crippen molar-refractivity contribution in [3.63, 3.8) is 0 Å². The Labute approximate surface area is 141 Å². The van der Waals surface area contributed by atoms with E-state index in [4.69, 9.17) is 4.74 Å². The normalized spacial score (nSPS) is 10.8. The standard InChI is InChI=1S/C17H14F2N2O2S/c1-23-13-3-2-4-14-16(13)21-17(24-14)20-15(22)8-6-10-5-7-11(18)12(19)9-10/h2-5,7,9H,6,8H2,1H3,(H,20,21,22). The van der Waals surface area contributed by atoms with Gasteiger partial charge < -0.3 is 10.1 Å². The summed E-state index contributed by atoms with van der Waals surface area (Å²) < 4.78 is 32.2. The van der Waals surface area contributed by atoms with E-state index in [0.29, 0.717) is 28.4 Å². The number of ether oxygens (including phenoxy) is 1. The van der Waals surface area contributed by atoms with Crippen molar-refractivity contribution in [2.75, 3.05) is 12.4 Å². The molecule has 0 aliphatic heterocycles. The SMILES string of the molecule is COc1cccc2sc(NC(=O)CCc3ccc(F)c(F)c3)nc12. The number of methoxy groups -OCH3 is 1. The minimum Gasteiger partial charge on any atom is -0.494 e. The molecule has 0 atom stereocenters. The first-order valence-corrected chi connectivity index (χ1v) is 8.06. The number of nitrogens with zero attached hydrogens (tertiary/aromatic N) is 1. The Morgan fingerprint density at radius 1 is 1.25 bits per heavy atom. The number of anilines is 1. The van der Waals surface area contributed by atoms with Crippen LogP contribution in [0, 0.1) is 11.6 Å². The number of hydrogen-bond acceptors (Lipinski definition) is 4. The largest absolute Gasteiger partial charge is 0.494 e. The van der Waals surface area contributed by atoms with Gasteiger partial charge in [-0.1, -0.05) is 23.5 Å². The molecule has 0 radical (unpaired) electrons. The Morgan fingerprint density at radius 2 is 2.08 bits per heavy atom. The molecule has 1 aromatic heterocycles. The molecule has 4 nitrogen and oxygen atoms in total. The number of halogens is 2. The van der Waals surface area contributed by atoms with Gasteiger partial charge in [-0.3, -0.25) is 4.79 Å². The molecule has 2 aromatic carbocycles. The highest BCUT2D eigenvalue weighted by atomic mass is 32.1. The topological polar surface area (TPSA) is 51.2 Å². The van der Waals surface area contributed by atoms with Crippen LogP contribution in [-0.4, -0.2) is 18.0 Å². The van der Waals surface area contributed by atoms with Crippen LogP contribution >= 0.6 is 11.3 Å². The molecule has 7 heteroatoms. The molecule has 3 aromatic rings. The monoisotopic (exact) mass is 348 g/mol. The zero-order valence-corrected chi connectivity index (χ0v) is 13.6. The van der Waals surface area contributed by atoms with Gasteiger partial charge in [-0.2, -0.15) is 0 Å². The zero-order chi connectivity index (χ0) is 17.1. The number of rotatable bonds is 5. The van der Waals surface area contributed by atoms with E-state index in [1.54, 1.807) is 13.2 Å². The van der Waals surface area contributed by atoms with Crippen LogP contribution in [-0.2, 0) is 11.2 Å². The van der Waals surface area contributed by atoms with Gasteiger partial charge in [-0.25, -0.2) is 13.8 Å². The number of para-hydroxylation sites is 1. The van der Waals surface area contributed by atoms with Crippen molar-refractivity contribution in [2.24, 2.45) is 0 Å². The van der Waals surface area contributed by atoms with Crippen LogP contribution < -0.4 is 10.1 Å². The van der Waals surface area contributed by atoms with Crippen molar-refractivity contribution >= 4 is 32.6 Å². The Kier molecular flexibility index (Phi) is 4.71. The number of carbonyl (C=O) groups is 1. The first-order valence-electron chi connectivity index (χ1n) is 7.24. The van der Waals surface area contributed by atoms with Gasteiger partial charge in [0.2, 0.25) is 5.91 Å². The molecule has 0 fully saturated rings. The van der Waals surface area contributed by atoms with E-state index >= 15 is 0 Å². The summed E-state index contributed by atoms with van der Waals surface area (Å²) in [7, 11) is 1.56. The Bertz CT molecular complexity index is 895. The Hall–Kier alpha value is -2.54. The van der Waals surface area contributed by atoms with Gasteiger partial charge in [0, 0.05) is 6.42 Å². The van der Waals surface area contributed by atoms with Crippen molar-refractivity contribution < 1.29 is 18.3 Å². The lowest BCUT2D eigenvalue weighted by Gasteiger charge is -2.03. The van der Waals surface area contributed by atoms with Gasteiger partial charge >= 0.3 is 0 Å². The van der Waals surface area contributed by atoms with Gasteiger partial charge in [0.1, 0.15) is 11.3 Å². The lowest BCUT2D eigenvalue weighted by Crippen LogP contribution is -2.12. The molecule has 1 N–H and O–H groups in total. The second-order valence-electron chi connectivity index (χ2n) is 5.12. The highest BCUT2D eigenvalue weighted by Crippen LogP contribution is 2.32. The molecule has 0 unspecified atom stereocenters. The third-order valence-corrected chi connectivity index (χ3v) is 4.41. The summed E-state index contributed by atoms with van der Waals surface area (Å²) in [6.07, 6.45) is 0.468. The number of aryl methyl sites for hydroxylation is 1. The summed E-state index contributed by atoms with van der Waals surface area (Å²) in [6.45, 7) is 0. The summed E-state index contributed by atoms with van der Waals surface area (Å²) in [6, 6.07) is 9.18. The van der Waals surface area contributed by atoms with Crippen LogP contribution in [0.2, 0.25) is 0 Å². The Balaban J connectivity index is 1.65. The number of benzene rings is 2. The van der Waals surface area contributed by atoms with Crippen LogP contribution in [0.25, 0.3) is 10.2 Å². The fourth-order valence-corrected chi connectivity index (χ4v) is 3.18. The third-order valence-electron chi connectivity index (χ3n) is 3.47. The maximum Gasteiger partial charge on any atom is 0.226 e. The fourth-order valence-electron chi connectivity index (χ4n) is 2.28. The molecule has 0 aliphatic carbocycles. The fraction of sp³-hybridized carbons (Fsp3) is 0.176. The molecular formula is C17H14F2N2O2S. The predicted molar refractivity (Wildman–Crippen MR) is 89.5 cm³/mol. The zero-order valence-electron chi connectivity index (χ0n) is 12.8. The minimum absolute atomic E-state index is 0.151. The number of aromatic nitrogens is 1. The number of amides is 1. The average Bonchev–Trinajstić information content (AvgIpc) is 2.98. The minimum atomic E-state index is -0.911. The van der Waals surface area contributed by atoms with E-state index in [-0.39, 0.29) is 12.3 Å². The number of hydrogen-bond donors (Lipinski definition) is 1. The number of nitrogens with one attached hydrogen (secondary N) is 1. The lowest BCUT2D eigenvalue weighted by atomic mass is 10.1. The van der Waals surface area contributed by atoms with Gasteiger partial charge in [-0.15, -0.1) is 0 Å². The van der Waals surface area contributed by atoms with E-state index < -0.39 is 11.6 Å². The average molecular weight is 348 g/mol. The van der Waals surface area contributed by atoms with Crippen LogP contribution in [0.3, 0.4) is 0 Å². The number of carbonyl (C=O) groups excluding carboxylic acids is 1. The van der Waals surface area contributed by atoms with Gasteiger partial charge in [0.25, 0.3) is 0 Å². The molecule has 0 spiro atoms. The summed E-state index contributed by atoms with van der Waals surface area (Å²) in [5.41, 5.74) is 1.26. The van der Waals surface area contributed by atoms with Crippen LogP contribution in [0.15, 0.2) is 36.4 Å². The summed E-state index contributed by atoms with van der Waals surface area (Å²) in [5.74, 6) is -1.40. The molecular weight excluding hydrogens is 334 g/mol. The number of fused-ring (bicyclic) bond motifs is 1. The summed E-state index contributed by atoms with van der Waals surface area (Å²) in [5, 5.41) is 3.20. The lowest BCUT2D eigenvalue weighted by molar-refractivity contribution is -0.116. The van der Waals surface area contributed by atoms with E-state index in [0.717, 1.165) is 16.8 Å². The van der Waals surface area contributed by atoms with Crippen LogP contribution in [0.1, 0.15) is 12.0 Å². The quantitative estimate of drug-likeness (QED) is 0.753. The predicted octanol–water partition coefficient (Wildman–Crippen LogP) is 4.15. The van der Waals surface area contributed by atoms with Gasteiger partial charge in [0.15, 0.2) is 16.8 Å². The maximum absolute atomic E-state index is 13.1. The molecule has 0 bridgehead atoms. The molecule has 1 heterocycles. The summed E-state index contributed by atoms with van der Waals surface area (Å²) >= 11 is 1.35. The van der Waals surface area contributed by atoms with E-state index in [2.05, 4.69) is 10.3 Å². The first-order chi connectivity index (χ1) is 11.6. The maximum atomic E-state index is 13.1. The first kappa shape index (κ1) is 16.3. The van der Waals surface area contributed by atoms with Crippen molar-refractivity contribution in [1.29, 1.82) is 0 Å². The highest BCUT2D eigenvalue weighted by molar-refractivity contribution is 7.22. The second kappa shape index (κ2) is 6.92. The van der Waals surface area contributed by atoms with Crippen LogP contribution in [0.5, 0.6) is 5.75 Å². The van der Waals surface area contributed by atoms with Crippen molar-refractivity contribution in [3.8, 4) is 5.75 Å². The molecule has 0 saturated carbocycles. The smallest absolute Gasteiger partial charge is 0.226 e. The van der Waals surface area contributed by atoms with E-state index in [1.807, 2.05) is 12.1 Å². The van der Waals surface area contributed by atoms with Crippen molar-refractivity contribution in [2.45, 2.75) is 12.8 Å².